The zero-order chi connectivity index (χ0) is 12.4. The van der Waals surface area contributed by atoms with Crippen molar-refractivity contribution in [3.8, 4) is 10.7 Å². The zero-order valence-electron chi connectivity index (χ0n) is 10.0. The van der Waals surface area contributed by atoms with E-state index in [0.29, 0.717) is 6.54 Å². The molecule has 3 aromatic rings. The van der Waals surface area contributed by atoms with Crippen LogP contribution in [0.2, 0.25) is 0 Å². The lowest BCUT2D eigenvalue weighted by atomic mass is 10.4. The van der Waals surface area contributed by atoms with E-state index in [4.69, 9.17) is 0 Å². The molecule has 0 aliphatic carbocycles. The van der Waals surface area contributed by atoms with Crippen LogP contribution in [0.3, 0.4) is 0 Å². The van der Waals surface area contributed by atoms with Gasteiger partial charge in [0.05, 0.1) is 11.4 Å². The summed E-state index contributed by atoms with van der Waals surface area (Å²) in [5.41, 5.74) is 0. The Morgan fingerprint density at radius 3 is 3.06 bits per heavy atom. The minimum absolute atomic E-state index is 0.696. The minimum atomic E-state index is 0.696. The Bertz CT molecular complexity index is 622. The fraction of sp³-hybridized carbons (Fsp3) is 0.250. The first-order valence-corrected chi connectivity index (χ1v) is 6.68. The van der Waals surface area contributed by atoms with E-state index in [0.717, 1.165) is 18.2 Å². The van der Waals surface area contributed by atoms with Crippen LogP contribution in [0.1, 0.15) is 12.7 Å². The summed E-state index contributed by atoms with van der Waals surface area (Å²) in [4.78, 5) is 9.87. The third-order valence-electron chi connectivity index (χ3n) is 2.76. The molecule has 0 unspecified atom stereocenters. The highest BCUT2D eigenvalue weighted by atomic mass is 32.1. The fourth-order valence-electron chi connectivity index (χ4n) is 1.89. The molecule has 0 aliphatic rings. The van der Waals surface area contributed by atoms with Crippen molar-refractivity contribution in [2.45, 2.75) is 20.0 Å². The monoisotopic (exact) mass is 259 g/mol. The van der Waals surface area contributed by atoms with Crippen molar-refractivity contribution in [2.24, 2.45) is 0 Å². The fourth-order valence-corrected chi connectivity index (χ4v) is 2.63. The number of nitrogens with zero attached hydrogens (tertiary/aromatic N) is 5. The summed E-state index contributed by atoms with van der Waals surface area (Å²) in [6.07, 6.45) is 5.39. The van der Waals surface area contributed by atoms with Crippen LogP contribution in [0.15, 0.2) is 36.2 Å². The molecule has 0 saturated heterocycles. The van der Waals surface area contributed by atoms with Gasteiger partial charge in [-0.15, -0.1) is 11.3 Å². The van der Waals surface area contributed by atoms with Gasteiger partial charge in [-0.1, -0.05) is 6.07 Å². The van der Waals surface area contributed by atoms with Gasteiger partial charge < -0.3 is 4.57 Å². The van der Waals surface area contributed by atoms with Crippen LogP contribution in [0.25, 0.3) is 10.7 Å². The average Bonchev–Trinajstić information content (AvgIpc) is 3.09. The van der Waals surface area contributed by atoms with Gasteiger partial charge in [0.15, 0.2) is 0 Å². The molecule has 0 aromatic carbocycles. The molecule has 3 heterocycles. The van der Waals surface area contributed by atoms with Gasteiger partial charge in [0.1, 0.15) is 18.0 Å². The van der Waals surface area contributed by atoms with Crippen molar-refractivity contribution in [1.29, 1.82) is 0 Å². The Kier molecular flexibility index (Phi) is 2.93. The molecule has 0 bridgehead atoms. The maximum Gasteiger partial charge on any atom is 0.150 e. The van der Waals surface area contributed by atoms with E-state index in [2.05, 4.69) is 38.0 Å². The average molecular weight is 259 g/mol. The van der Waals surface area contributed by atoms with Crippen molar-refractivity contribution in [3.63, 3.8) is 0 Å². The molecular weight excluding hydrogens is 246 g/mol. The summed E-state index contributed by atoms with van der Waals surface area (Å²) in [7, 11) is 0. The minimum Gasteiger partial charge on any atom is -0.323 e. The molecule has 0 fully saturated rings. The molecule has 0 atom stereocenters. The predicted octanol–water partition coefficient (Wildman–Crippen LogP) is 2.27. The molecule has 92 valence electrons. The van der Waals surface area contributed by atoms with Gasteiger partial charge in [-0.05, 0) is 18.4 Å². The first-order valence-electron chi connectivity index (χ1n) is 5.80. The third-order valence-corrected chi connectivity index (χ3v) is 3.63. The summed E-state index contributed by atoms with van der Waals surface area (Å²) in [5, 5.41) is 6.24. The maximum absolute atomic E-state index is 4.41. The third kappa shape index (κ3) is 1.95. The lowest BCUT2D eigenvalue weighted by molar-refractivity contribution is 0.593. The van der Waals surface area contributed by atoms with Gasteiger partial charge >= 0.3 is 0 Å². The summed E-state index contributed by atoms with van der Waals surface area (Å²) in [5.74, 6) is 1.93. The number of rotatable bonds is 4. The van der Waals surface area contributed by atoms with Gasteiger partial charge in [0.2, 0.25) is 0 Å². The summed E-state index contributed by atoms with van der Waals surface area (Å²) in [6.45, 7) is 3.59. The first kappa shape index (κ1) is 11.2. The number of aromatic nitrogens is 5. The van der Waals surface area contributed by atoms with E-state index in [1.165, 1.54) is 4.88 Å². The van der Waals surface area contributed by atoms with E-state index in [1.807, 2.05) is 23.1 Å². The van der Waals surface area contributed by atoms with Gasteiger partial charge in [-0.25, -0.2) is 14.6 Å². The van der Waals surface area contributed by atoms with E-state index in [1.54, 1.807) is 17.7 Å². The number of imidazole rings is 1. The van der Waals surface area contributed by atoms with Crippen LogP contribution in [-0.4, -0.2) is 24.3 Å². The Labute approximate surface area is 109 Å². The molecule has 0 saturated carbocycles. The number of hydrogen-bond acceptors (Lipinski definition) is 4. The lowest BCUT2D eigenvalue weighted by Gasteiger charge is -2.06. The molecule has 18 heavy (non-hydrogen) atoms. The van der Waals surface area contributed by atoms with Crippen molar-refractivity contribution in [2.75, 3.05) is 0 Å². The highest BCUT2D eigenvalue weighted by molar-refractivity contribution is 7.13. The van der Waals surface area contributed by atoms with Crippen molar-refractivity contribution >= 4 is 11.3 Å². The summed E-state index contributed by atoms with van der Waals surface area (Å²) >= 11 is 1.69. The van der Waals surface area contributed by atoms with Crippen LogP contribution in [-0.2, 0) is 13.1 Å². The van der Waals surface area contributed by atoms with Crippen LogP contribution < -0.4 is 0 Å². The Hall–Kier alpha value is -1.95. The molecule has 0 amide bonds. The molecule has 3 aromatic heterocycles. The van der Waals surface area contributed by atoms with Crippen molar-refractivity contribution in [1.82, 2.24) is 24.3 Å². The van der Waals surface area contributed by atoms with E-state index < -0.39 is 0 Å². The van der Waals surface area contributed by atoms with Crippen LogP contribution in [0.5, 0.6) is 0 Å². The second-order valence-electron chi connectivity index (χ2n) is 3.85. The normalized spacial score (nSPS) is 10.9. The predicted molar refractivity (Wildman–Crippen MR) is 70.3 cm³/mol. The largest absolute Gasteiger partial charge is 0.323 e. The Balaban J connectivity index is 1.92. The smallest absolute Gasteiger partial charge is 0.150 e. The molecule has 6 heteroatoms. The second kappa shape index (κ2) is 4.73. The summed E-state index contributed by atoms with van der Waals surface area (Å²) in [6, 6.07) is 4.11. The van der Waals surface area contributed by atoms with Gasteiger partial charge in [-0.2, -0.15) is 5.10 Å². The lowest BCUT2D eigenvalue weighted by Crippen LogP contribution is -2.09. The van der Waals surface area contributed by atoms with Gasteiger partial charge in [-0.3, -0.25) is 0 Å². The van der Waals surface area contributed by atoms with E-state index in [-0.39, 0.29) is 0 Å². The SMILES string of the molecule is CCn1ncnc1Cn1ccnc1-c1cccs1. The quantitative estimate of drug-likeness (QED) is 0.722. The summed E-state index contributed by atoms with van der Waals surface area (Å²) < 4.78 is 4.00. The van der Waals surface area contributed by atoms with Gasteiger partial charge in [0, 0.05) is 18.9 Å². The van der Waals surface area contributed by atoms with Crippen LogP contribution in [0.4, 0.5) is 0 Å². The molecule has 0 N–H and O–H groups in total. The Morgan fingerprint density at radius 2 is 2.28 bits per heavy atom. The van der Waals surface area contributed by atoms with Crippen molar-refractivity contribution < 1.29 is 0 Å². The van der Waals surface area contributed by atoms with Crippen LogP contribution >= 0.6 is 11.3 Å². The van der Waals surface area contributed by atoms with E-state index in [9.17, 15) is 0 Å². The highest BCUT2D eigenvalue weighted by Gasteiger charge is 2.10. The second-order valence-corrected chi connectivity index (χ2v) is 4.80. The van der Waals surface area contributed by atoms with Crippen molar-refractivity contribution in [3.05, 3.63) is 42.1 Å². The molecule has 5 nitrogen and oxygen atoms in total. The topological polar surface area (TPSA) is 48.5 Å². The number of thiophene rings is 1. The number of aryl methyl sites for hydroxylation is 1. The molecule has 3 rings (SSSR count). The first-order chi connectivity index (χ1) is 8.88. The molecule has 0 radical (unpaired) electrons. The highest BCUT2D eigenvalue weighted by Crippen LogP contribution is 2.23. The molecular formula is C12H13N5S. The zero-order valence-corrected chi connectivity index (χ0v) is 10.8. The van der Waals surface area contributed by atoms with E-state index >= 15 is 0 Å². The van der Waals surface area contributed by atoms with Crippen LogP contribution in [0, 0.1) is 0 Å². The van der Waals surface area contributed by atoms with Gasteiger partial charge in [0.25, 0.3) is 0 Å². The molecule has 0 spiro atoms. The molecule has 0 aliphatic heterocycles. The Morgan fingerprint density at radius 1 is 1.33 bits per heavy atom. The standard InChI is InChI=1S/C12H13N5S/c1-2-17-11(14-9-15-17)8-16-6-5-13-12(16)10-4-3-7-18-10/h3-7,9H,2,8H2,1H3. The maximum atomic E-state index is 4.41. The number of hydrogen-bond donors (Lipinski definition) is 0.